The summed E-state index contributed by atoms with van der Waals surface area (Å²) >= 11 is 0. The Bertz CT molecular complexity index is 669. The van der Waals surface area contributed by atoms with Crippen molar-refractivity contribution in [2.45, 2.75) is 0 Å². The first-order chi connectivity index (χ1) is 9.27. The Morgan fingerprint density at radius 3 is 2.26 bits per heavy atom. The standard InChI is InChI=1S/C15H9NO3/c17-14-12-7-1-2-8-13(12)15(18)16(14)9-3-5-11-6-4-10-19-11/h1-2,4,6-8,10H,9H2. The first kappa shape index (κ1) is 11.3. The number of fused-ring (bicyclic) bond motifs is 1. The monoisotopic (exact) mass is 251 g/mol. The maximum absolute atomic E-state index is 12.0. The van der Waals surface area contributed by atoms with E-state index in [2.05, 4.69) is 11.8 Å². The van der Waals surface area contributed by atoms with E-state index in [0.717, 1.165) is 4.90 Å². The second-order valence-corrected chi connectivity index (χ2v) is 4.02. The highest BCUT2D eigenvalue weighted by atomic mass is 16.3. The number of nitrogens with zero attached hydrogens (tertiary/aromatic N) is 1. The molecule has 0 saturated carbocycles. The van der Waals surface area contributed by atoms with Gasteiger partial charge in [-0.1, -0.05) is 18.1 Å². The minimum Gasteiger partial charge on any atom is -0.456 e. The fourth-order valence-corrected chi connectivity index (χ4v) is 1.94. The molecule has 0 radical (unpaired) electrons. The van der Waals surface area contributed by atoms with E-state index in [0.29, 0.717) is 16.9 Å². The number of benzene rings is 1. The minimum atomic E-state index is -0.297. The number of furan rings is 1. The normalized spacial score (nSPS) is 13.2. The predicted molar refractivity (Wildman–Crippen MR) is 67.4 cm³/mol. The van der Waals surface area contributed by atoms with Gasteiger partial charge in [0.25, 0.3) is 11.8 Å². The highest BCUT2D eigenvalue weighted by molar-refractivity contribution is 6.21. The molecule has 1 aromatic carbocycles. The van der Waals surface area contributed by atoms with Gasteiger partial charge in [-0.2, -0.15) is 0 Å². The average molecular weight is 251 g/mol. The van der Waals surface area contributed by atoms with Gasteiger partial charge in [0.2, 0.25) is 0 Å². The molecule has 4 heteroatoms. The molecule has 1 aliphatic heterocycles. The SMILES string of the molecule is O=C1c2ccccc2C(=O)N1CC#Cc1ccco1. The molecule has 0 saturated heterocycles. The lowest BCUT2D eigenvalue weighted by molar-refractivity contribution is 0.0675. The quantitative estimate of drug-likeness (QED) is 0.574. The highest BCUT2D eigenvalue weighted by Gasteiger charge is 2.34. The Morgan fingerprint density at radius 1 is 1.00 bits per heavy atom. The second-order valence-electron chi connectivity index (χ2n) is 4.02. The van der Waals surface area contributed by atoms with Crippen LogP contribution in [0.5, 0.6) is 0 Å². The van der Waals surface area contributed by atoms with Crippen LogP contribution in [0.15, 0.2) is 47.1 Å². The number of imide groups is 1. The molecule has 92 valence electrons. The summed E-state index contributed by atoms with van der Waals surface area (Å²) in [6, 6.07) is 10.2. The van der Waals surface area contributed by atoms with Crippen molar-refractivity contribution in [1.29, 1.82) is 0 Å². The van der Waals surface area contributed by atoms with Gasteiger partial charge in [0.15, 0.2) is 5.76 Å². The number of hydrogen-bond donors (Lipinski definition) is 0. The van der Waals surface area contributed by atoms with Crippen molar-refractivity contribution in [2.24, 2.45) is 0 Å². The lowest BCUT2D eigenvalue weighted by atomic mass is 10.1. The van der Waals surface area contributed by atoms with Crippen LogP contribution in [0, 0.1) is 11.8 Å². The number of carbonyl (C=O) groups is 2. The maximum atomic E-state index is 12.0. The van der Waals surface area contributed by atoms with Gasteiger partial charge in [-0.25, -0.2) is 0 Å². The number of hydrogen-bond acceptors (Lipinski definition) is 3. The van der Waals surface area contributed by atoms with Crippen LogP contribution in [-0.2, 0) is 0 Å². The van der Waals surface area contributed by atoms with Crippen molar-refractivity contribution in [3.8, 4) is 11.8 Å². The van der Waals surface area contributed by atoms with Gasteiger partial charge in [-0.3, -0.25) is 14.5 Å². The maximum Gasteiger partial charge on any atom is 0.262 e. The fraction of sp³-hybridized carbons (Fsp3) is 0.0667. The third-order valence-corrected chi connectivity index (χ3v) is 2.85. The summed E-state index contributed by atoms with van der Waals surface area (Å²) in [7, 11) is 0. The van der Waals surface area contributed by atoms with Crippen molar-refractivity contribution in [2.75, 3.05) is 6.54 Å². The number of rotatable bonds is 1. The molecule has 19 heavy (non-hydrogen) atoms. The zero-order chi connectivity index (χ0) is 13.2. The molecule has 1 aromatic heterocycles. The summed E-state index contributed by atoms with van der Waals surface area (Å²) in [4.78, 5) is 25.2. The van der Waals surface area contributed by atoms with Crippen LogP contribution in [0.25, 0.3) is 0 Å². The molecular formula is C15H9NO3. The van der Waals surface area contributed by atoms with Crippen molar-refractivity contribution in [3.05, 3.63) is 59.5 Å². The van der Waals surface area contributed by atoms with Crippen molar-refractivity contribution in [1.82, 2.24) is 4.90 Å². The first-order valence-corrected chi connectivity index (χ1v) is 5.75. The zero-order valence-corrected chi connectivity index (χ0v) is 9.92. The molecule has 0 aliphatic carbocycles. The third-order valence-electron chi connectivity index (χ3n) is 2.85. The van der Waals surface area contributed by atoms with Crippen LogP contribution in [0.3, 0.4) is 0 Å². The Balaban J connectivity index is 1.81. The van der Waals surface area contributed by atoms with Crippen molar-refractivity contribution < 1.29 is 14.0 Å². The van der Waals surface area contributed by atoms with Gasteiger partial charge in [-0.15, -0.1) is 0 Å². The molecule has 0 fully saturated rings. The minimum absolute atomic E-state index is 0.0625. The molecule has 0 bridgehead atoms. The van der Waals surface area contributed by atoms with Crippen LogP contribution in [-0.4, -0.2) is 23.3 Å². The van der Waals surface area contributed by atoms with Crippen LogP contribution < -0.4 is 0 Å². The van der Waals surface area contributed by atoms with Gasteiger partial charge < -0.3 is 4.42 Å². The van der Waals surface area contributed by atoms with E-state index in [1.54, 1.807) is 36.4 Å². The topological polar surface area (TPSA) is 50.5 Å². The number of carbonyl (C=O) groups excluding carboxylic acids is 2. The van der Waals surface area contributed by atoms with Crippen LogP contribution in [0.2, 0.25) is 0 Å². The lowest BCUT2D eigenvalue weighted by Crippen LogP contribution is -2.29. The Labute approximate surface area is 109 Å². The number of amides is 2. The molecular weight excluding hydrogens is 242 g/mol. The van der Waals surface area contributed by atoms with Gasteiger partial charge in [0, 0.05) is 0 Å². The molecule has 3 rings (SSSR count). The molecule has 2 amide bonds. The molecule has 0 unspecified atom stereocenters. The van der Waals surface area contributed by atoms with E-state index in [1.807, 2.05) is 0 Å². The average Bonchev–Trinajstić information content (AvgIpc) is 3.02. The molecule has 4 nitrogen and oxygen atoms in total. The summed E-state index contributed by atoms with van der Waals surface area (Å²) in [6.07, 6.45) is 1.52. The summed E-state index contributed by atoms with van der Waals surface area (Å²) in [5.74, 6) is 5.44. The van der Waals surface area contributed by atoms with E-state index >= 15 is 0 Å². The first-order valence-electron chi connectivity index (χ1n) is 5.75. The van der Waals surface area contributed by atoms with E-state index in [1.165, 1.54) is 6.26 Å². The van der Waals surface area contributed by atoms with Crippen LogP contribution in [0.4, 0.5) is 0 Å². The van der Waals surface area contributed by atoms with Crippen LogP contribution in [0.1, 0.15) is 26.5 Å². The van der Waals surface area contributed by atoms with E-state index in [4.69, 9.17) is 4.42 Å². The van der Waals surface area contributed by atoms with E-state index < -0.39 is 0 Å². The van der Waals surface area contributed by atoms with Gasteiger partial charge in [-0.05, 0) is 30.2 Å². The summed E-state index contributed by atoms with van der Waals surface area (Å²) in [5, 5.41) is 0. The molecule has 0 atom stereocenters. The smallest absolute Gasteiger partial charge is 0.262 e. The van der Waals surface area contributed by atoms with Gasteiger partial charge in [0.05, 0.1) is 23.9 Å². The van der Waals surface area contributed by atoms with Crippen molar-refractivity contribution in [3.63, 3.8) is 0 Å². The molecule has 0 spiro atoms. The second kappa shape index (κ2) is 4.46. The van der Waals surface area contributed by atoms with Gasteiger partial charge in [0.1, 0.15) is 0 Å². The molecule has 2 heterocycles. The predicted octanol–water partition coefficient (Wildman–Crippen LogP) is 1.93. The van der Waals surface area contributed by atoms with Crippen LogP contribution >= 0.6 is 0 Å². The van der Waals surface area contributed by atoms with Gasteiger partial charge >= 0.3 is 0 Å². The third kappa shape index (κ3) is 1.91. The summed E-state index contributed by atoms with van der Waals surface area (Å²) < 4.78 is 5.05. The Hall–Kier alpha value is -2.80. The largest absolute Gasteiger partial charge is 0.456 e. The Morgan fingerprint density at radius 2 is 1.68 bits per heavy atom. The van der Waals surface area contributed by atoms with Crippen molar-refractivity contribution >= 4 is 11.8 Å². The fourth-order valence-electron chi connectivity index (χ4n) is 1.94. The van der Waals surface area contributed by atoms with E-state index in [9.17, 15) is 9.59 Å². The molecule has 0 N–H and O–H groups in total. The molecule has 2 aromatic rings. The Kier molecular flexibility index (Phi) is 2.66. The lowest BCUT2D eigenvalue weighted by Gasteiger charge is -2.08. The van der Waals surface area contributed by atoms with E-state index in [-0.39, 0.29) is 18.4 Å². The summed E-state index contributed by atoms with van der Waals surface area (Å²) in [5.41, 5.74) is 0.875. The molecule has 1 aliphatic rings. The summed E-state index contributed by atoms with van der Waals surface area (Å²) in [6.45, 7) is 0.0625. The zero-order valence-electron chi connectivity index (χ0n) is 9.92. The highest BCUT2D eigenvalue weighted by Crippen LogP contribution is 2.21.